The Morgan fingerprint density at radius 1 is 1.28 bits per heavy atom. The molecule has 0 aliphatic carbocycles. The first kappa shape index (κ1) is 12.9. The first-order valence-electron chi connectivity index (χ1n) is 6.43. The minimum Gasteiger partial charge on any atom is -0.478 e. The van der Waals surface area contributed by atoms with Gasteiger partial charge in [0.05, 0.1) is 5.56 Å². The molecule has 2 N–H and O–H groups in total. The van der Waals surface area contributed by atoms with Crippen molar-refractivity contribution in [2.45, 2.75) is 25.3 Å². The molecule has 0 spiro atoms. The Morgan fingerprint density at radius 3 is 2.67 bits per heavy atom. The largest absolute Gasteiger partial charge is 0.478 e. The van der Waals surface area contributed by atoms with E-state index in [1.54, 1.807) is 12.1 Å². The topological polar surface area (TPSA) is 52.6 Å². The average Bonchev–Trinajstić information content (AvgIpc) is 2.55. The van der Waals surface area contributed by atoms with Crippen LogP contribution in [0.1, 0.15) is 29.6 Å². The lowest BCUT2D eigenvalue weighted by molar-refractivity contribution is 0.0697. The molecule has 18 heavy (non-hydrogen) atoms. The van der Waals surface area contributed by atoms with Crippen LogP contribution in [0.2, 0.25) is 0 Å². The summed E-state index contributed by atoms with van der Waals surface area (Å²) in [6.07, 6.45) is 3.52. The summed E-state index contributed by atoms with van der Waals surface area (Å²) in [5.74, 6) is -0.877. The smallest absolute Gasteiger partial charge is 0.335 e. The third kappa shape index (κ3) is 3.47. The normalized spacial score (nSPS) is 21.3. The minimum absolute atomic E-state index is 0.334. The fourth-order valence-corrected chi connectivity index (χ4v) is 2.33. The second-order valence-corrected chi connectivity index (χ2v) is 4.96. The van der Waals surface area contributed by atoms with E-state index in [1.165, 1.54) is 12.8 Å². The van der Waals surface area contributed by atoms with Gasteiger partial charge in [-0.05, 0) is 63.7 Å². The van der Waals surface area contributed by atoms with Crippen LogP contribution in [0, 0.1) is 0 Å². The van der Waals surface area contributed by atoms with Crippen molar-refractivity contribution in [2.24, 2.45) is 0 Å². The number of hydrogen-bond acceptors (Lipinski definition) is 3. The summed E-state index contributed by atoms with van der Waals surface area (Å²) >= 11 is 0. The van der Waals surface area contributed by atoms with E-state index in [9.17, 15) is 4.79 Å². The first-order chi connectivity index (χ1) is 8.65. The van der Waals surface area contributed by atoms with Gasteiger partial charge in [-0.15, -0.1) is 0 Å². The molecule has 1 heterocycles. The van der Waals surface area contributed by atoms with Gasteiger partial charge in [0, 0.05) is 11.7 Å². The maximum atomic E-state index is 10.8. The Kier molecular flexibility index (Phi) is 4.20. The van der Waals surface area contributed by atoms with E-state index in [4.69, 9.17) is 5.11 Å². The summed E-state index contributed by atoms with van der Waals surface area (Å²) in [6, 6.07) is 7.47. The number of nitrogens with one attached hydrogen (secondary N) is 1. The predicted octanol–water partition coefficient (Wildman–Crippen LogP) is 2.28. The van der Waals surface area contributed by atoms with Gasteiger partial charge in [-0.1, -0.05) is 0 Å². The third-order valence-corrected chi connectivity index (χ3v) is 3.45. The standard InChI is InChI=1S/C14H20N2O2/c1-16-9-2-3-12(8-10-16)15-13-6-4-11(5-7-13)14(17)18/h4-7,12,15H,2-3,8-10H2,1H3,(H,17,18). The number of rotatable bonds is 3. The number of benzene rings is 1. The zero-order chi connectivity index (χ0) is 13.0. The lowest BCUT2D eigenvalue weighted by Gasteiger charge is -2.18. The van der Waals surface area contributed by atoms with Crippen molar-refractivity contribution < 1.29 is 9.90 Å². The van der Waals surface area contributed by atoms with Gasteiger partial charge in [0.15, 0.2) is 0 Å². The van der Waals surface area contributed by atoms with Gasteiger partial charge in [0.2, 0.25) is 0 Å². The maximum absolute atomic E-state index is 10.8. The SMILES string of the molecule is CN1CCCC(Nc2ccc(C(=O)O)cc2)CC1. The van der Waals surface area contributed by atoms with Crippen LogP contribution in [0.25, 0.3) is 0 Å². The fraction of sp³-hybridized carbons (Fsp3) is 0.500. The molecule has 1 aromatic rings. The van der Waals surface area contributed by atoms with Crippen LogP contribution >= 0.6 is 0 Å². The Morgan fingerprint density at radius 2 is 2.00 bits per heavy atom. The number of nitrogens with zero attached hydrogens (tertiary/aromatic N) is 1. The molecule has 1 atom stereocenters. The van der Waals surface area contributed by atoms with Gasteiger partial charge in [-0.2, -0.15) is 0 Å². The molecule has 1 aliphatic heterocycles. The monoisotopic (exact) mass is 248 g/mol. The van der Waals surface area contributed by atoms with Gasteiger partial charge in [-0.25, -0.2) is 4.79 Å². The lowest BCUT2D eigenvalue weighted by atomic mass is 10.1. The molecule has 1 unspecified atom stereocenters. The van der Waals surface area contributed by atoms with Crippen molar-refractivity contribution in [3.63, 3.8) is 0 Å². The van der Waals surface area contributed by atoms with Gasteiger partial charge < -0.3 is 15.3 Å². The maximum Gasteiger partial charge on any atom is 0.335 e. The van der Waals surface area contributed by atoms with Crippen molar-refractivity contribution in [2.75, 3.05) is 25.5 Å². The molecular weight excluding hydrogens is 228 g/mol. The Bertz CT molecular complexity index is 403. The summed E-state index contributed by atoms with van der Waals surface area (Å²) in [6.45, 7) is 2.28. The van der Waals surface area contributed by atoms with Gasteiger partial charge in [0.1, 0.15) is 0 Å². The van der Waals surface area contributed by atoms with E-state index < -0.39 is 5.97 Å². The van der Waals surface area contributed by atoms with Crippen LogP contribution in [0.4, 0.5) is 5.69 Å². The molecule has 1 fully saturated rings. The molecule has 1 aromatic carbocycles. The van der Waals surface area contributed by atoms with Gasteiger partial charge >= 0.3 is 5.97 Å². The zero-order valence-corrected chi connectivity index (χ0v) is 10.7. The van der Waals surface area contributed by atoms with Crippen LogP contribution in [0.3, 0.4) is 0 Å². The van der Waals surface area contributed by atoms with Crippen molar-refractivity contribution in [3.05, 3.63) is 29.8 Å². The van der Waals surface area contributed by atoms with Crippen molar-refractivity contribution in [1.29, 1.82) is 0 Å². The summed E-state index contributed by atoms with van der Waals surface area (Å²) in [5.41, 5.74) is 1.34. The molecule has 0 amide bonds. The number of carboxylic acids is 1. The fourth-order valence-electron chi connectivity index (χ4n) is 2.33. The van der Waals surface area contributed by atoms with E-state index in [1.807, 2.05) is 12.1 Å². The third-order valence-electron chi connectivity index (χ3n) is 3.45. The van der Waals surface area contributed by atoms with Gasteiger partial charge in [0.25, 0.3) is 0 Å². The summed E-state index contributed by atoms with van der Waals surface area (Å²) in [7, 11) is 2.16. The van der Waals surface area contributed by atoms with E-state index >= 15 is 0 Å². The number of carbonyl (C=O) groups is 1. The van der Waals surface area contributed by atoms with E-state index in [0.717, 1.165) is 25.2 Å². The molecule has 4 heteroatoms. The molecular formula is C14H20N2O2. The summed E-state index contributed by atoms with van der Waals surface area (Å²) in [5, 5.41) is 12.3. The molecule has 1 saturated heterocycles. The van der Waals surface area contributed by atoms with Crippen LogP contribution in [-0.2, 0) is 0 Å². The first-order valence-corrected chi connectivity index (χ1v) is 6.43. The highest BCUT2D eigenvalue weighted by molar-refractivity contribution is 5.87. The molecule has 0 radical (unpaired) electrons. The summed E-state index contributed by atoms with van der Waals surface area (Å²) < 4.78 is 0. The molecule has 1 aliphatic rings. The van der Waals surface area contributed by atoms with Crippen molar-refractivity contribution in [1.82, 2.24) is 4.90 Å². The van der Waals surface area contributed by atoms with Crippen LogP contribution < -0.4 is 5.32 Å². The van der Waals surface area contributed by atoms with Crippen LogP contribution in [-0.4, -0.2) is 42.2 Å². The van der Waals surface area contributed by atoms with Gasteiger partial charge in [-0.3, -0.25) is 0 Å². The molecule has 0 saturated carbocycles. The second kappa shape index (κ2) is 5.87. The number of carboxylic acid groups (broad SMARTS) is 1. The lowest BCUT2D eigenvalue weighted by Crippen LogP contribution is -2.22. The average molecular weight is 248 g/mol. The molecule has 98 valence electrons. The predicted molar refractivity (Wildman–Crippen MR) is 72.2 cm³/mol. The Labute approximate surface area is 108 Å². The second-order valence-electron chi connectivity index (χ2n) is 4.96. The zero-order valence-electron chi connectivity index (χ0n) is 10.7. The molecule has 0 bridgehead atoms. The highest BCUT2D eigenvalue weighted by atomic mass is 16.4. The number of hydrogen-bond donors (Lipinski definition) is 2. The quantitative estimate of drug-likeness (QED) is 0.861. The molecule has 0 aromatic heterocycles. The number of anilines is 1. The van der Waals surface area contributed by atoms with E-state index in [0.29, 0.717) is 11.6 Å². The molecule has 2 rings (SSSR count). The van der Waals surface area contributed by atoms with Crippen molar-refractivity contribution in [3.8, 4) is 0 Å². The number of aromatic carboxylic acids is 1. The van der Waals surface area contributed by atoms with E-state index in [-0.39, 0.29) is 0 Å². The minimum atomic E-state index is -0.877. The highest BCUT2D eigenvalue weighted by Crippen LogP contribution is 2.17. The Hall–Kier alpha value is -1.55. The highest BCUT2D eigenvalue weighted by Gasteiger charge is 2.14. The van der Waals surface area contributed by atoms with Crippen molar-refractivity contribution >= 4 is 11.7 Å². The van der Waals surface area contributed by atoms with Crippen LogP contribution in [0.5, 0.6) is 0 Å². The Balaban J connectivity index is 1.94. The van der Waals surface area contributed by atoms with E-state index in [2.05, 4.69) is 17.3 Å². The molecule has 4 nitrogen and oxygen atoms in total. The summed E-state index contributed by atoms with van der Waals surface area (Å²) in [4.78, 5) is 13.1. The number of likely N-dealkylation sites (tertiary alicyclic amines) is 1. The van der Waals surface area contributed by atoms with Crippen LogP contribution in [0.15, 0.2) is 24.3 Å².